The summed E-state index contributed by atoms with van der Waals surface area (Å²) in [5, 5.41) is 8.76. The number of alkyl halides is 3. The molecule has 3 aromatic carbocycles. The molecule has 132 valence electrons. The van der Waals surface area contributed by atoms with Crippen LogP contribution >= 0.6 is 0 Å². The lowest BCUT2D eigenvalue weighted by molar-refractivity contribution is -0.137. The summed E-state index contributed by atoms with van der Waals surface area (Å²) in [6.45, 7) is 0. The van der Waals surface area contributed by atoms with Gasteiger partial charge in [-0.25, -0.2) is 0 Å². The molecular weight excluding hydrogens is 337 g/mol. The molecular formula is C21H17F3N2. The standard InChI is InChI=1S/C21H17F3N2/c1-26-20(15-8-10-18(11-9-15)21(22,23)24)13-19(25-26)17-7-6-14-4-2-3-5-16(14)12-17/h2-12,20H,13H2,1H3/t20-/m0/s1. The van der Waals surface area contributed by atoms with Crippen LogP contribution in [0.4, 0.5) is 13.2 Å². The van der Waals surface area contributed by atoms with Crippen LogP contribution in [0.1, 0.15) is 29.2 Å². The molecule has 1 aliphatic rings. The Bertz CT molecular complexity index is 974. The largest absolute Gasteiger partial charge is 0.416 e. The molecule has 0 spiro atoms. The number of fused-ring (bicyclic) bond motifs is 1. The normalized spacial score (nSPS) is 17.6. The van der Waals surface area contributed by atoms with Gasteiger partial charge in [0.15, 0.2) is 0 Å². The molecule has 1 atom stereocenters. The van der Waals surface area contributed by atoms with Crippen molar-refractivity contribution in [1.29, 1.82) is 0 Å². The van der Waals surface area contributed by atoms with Crippen molar-refractivity contribution in [2.45, 2.75) is 18.6 Å². The van der Waals surface area contributed by atoms with E-state index in [9.17, 15) is 13.2 Å². The van der Waals surface area contributed by atoms with Crippen LogP contribution < -0.4 is 0 Å². The van der Waals surface area contributed by atoms with Crippen molar-refractivity contribution in [3.05, 3.63) is 83.4 Å². The Morgan fingerprint density at radius 2 is 1.62 bits per heavy atom. The molecule has 1 heterocycles. The summed E-state index contributed by atoms with van der Waals surface area (Å²) in [6.07, 6.45) is -3.65. The van der Waals surface area contributed by atoms with Crippen molar-refractivity contribution in [1.82, 2.24) is 5.01 Å². The van der Waals surface area contributed by atoms with Crippen molar-refractivity contribution in [2.75, 3.05) is 7.05 Å². The maximum absolute atomic E-state index is 12.8. The highest BCUT2D eigenvalue weighted by molar-refractivity contribution is 6.04. The number of hydrazone groups is 1. The fraction of sp³-hybridized carbons (Fsp3) is 0.190. The van der Waals surface area contributed by atoms with E-state index >= 15 is 0 Å². The molecule has 26 heavy (non-hydrogen) atoms. The topological polar surface area (TPSA) is 15.6 Å². The van der Waals surface area contributed by atoms with E-state index in [-0.39, 0.29) is 6.04 Å². The predicted octanol–water partition coefficient (Wildman–Crippen LogP) is 5.64. The van der Waals surface area contributed by atoms with E-state index in [1.807, 2.05) is 30.3 Å². The van der Waals surface area contributed by atoms with E-state index in [1.54, 1.807) is 12.1 Å². The summed E-state index contributed by atoms with van der Waals surface area (Å²) >= 11 is 0. The van der Waals surface area contributed by atoms with E-state index in [1.165, 1.54) is 5.39 Å². The minimum absolute atomic E-state index is 0.0567. The van der Waals surface area contributed by atoms with Gasteiger partial charge in [0.05, 0.1) is 17.3 Å². The Morgan fingerprint density at radius 3 is 2.31 bits per heavy atom. The smallest absolute Gasteiger partial charge is 0.292 e. The number of hydrogen-bond acceptors (Lipinski definition) is 2. The maximum atomic E-state index is 12.8. The second-order valence-electron chi connectivity index (χ2n) is 6.52. The number of halogens is 3. The number of rotatable bonds is 2. The lowest BCUT2D eigenvalue weighted by atomic mass is 9.96. The Hall–Kier alpha value is -2.82. The quantitative estimate of drug-likeness (QED) is 0.581. The molecule has 2 nitrogen and oxygen atoms in total. The highest BCUT2D eigenvalue weighted by Gasteiger charge is 2.31. The first-order chi connectivity index (χ1) is 12.4. The Labute approximate surface area is 149 Å². The van der Waals surface area contributed by atoms with Gasteiger partial charge in [0, 0.05) is 13.5 Å². The highest BCUT2D eigenvalue weighted by Crippen LogP contribution is 2.34. The maximum Gasteiger partial charge on any atom is 0.416 e. The first-order valence-corrected chi connectivity index (χ1v) is 8.38. The predicted molar refractivity (Wildman–Crippen MR) is 97.1 cm³/mol. The summed E-state index contributed by atoms with van der Waals surface area (Å²) in [7, 11) is 1.86. The zero-order valence-corrected chi connectivity index (χ0v) is 14.2. The third kappa shape index (κ3) is 3.05. The summed E-state index contributed by atoms with van der Waals surface area (Å²) in [5.74, 6) is 0. The van der Waals surface area contributed by atoms with Crippen molar-refractivity contribution in [2.24, 2.45) is 5.10 Å². The van der Waals surface area contributed by atoms with Crippen LogP contribution in [-0.2, 0) is 6.18 Å². The van der Waals surface area contributed by atoms with E-state index in [0.717, 1.165) is 34.4 Å². The molecule has 0 aromatic heterocycles. The van der Waals surface area contributed by atoms with Crippen LogP contribution in [0.3, 0.4) is 0 Å². The monoisotopic (exact) mass is 354 g/mol. The van der Waals surface area contributed by atoms with Gasteiger partial charge in [-0.3, -0.25) is 5.01 Å². The van der Waals surface area contributed by atoms with Gasteiger partial charge in [0.1, 0.15) is 0 Å². The highest BCUT2D eigenvalue weighted by atomic mass is 19.4. The molecule has 0 bridgehead atoms. The number of nitrogens with zero attached hydrogens (tertiary/aromatic N) is 2. The van der Waals surface area contributed by atoms with Crippen molar-refractivity contribution >= 4 is 16.5 Å². The van der Waals surface area contributed by atoms with Gasteiger partial charge >= 0.3 is 6.18 Å². The second-order valence-corrected chi connectivity index (χ2v) is 6.52. The van der Waals surface area contributed by atoms with Gasteiger partial charge in [0.25, 0.3) is 0 Å². The molecule has 0 saturated carbocycles. The molecule has 5 heteroatoms. The molecule has 0 fully saturated rings. The minimum atomic E-state index is -4.31. The molecule has 0 aliphatic carbocycles. The molecule has 4 rings (SSSR count). The van der Waals surface area contributed by atoms with Crippen LogP contribution in [0.5, 0.6) is 0 Å². The Kier molecular flexibility index (Phi) is 3.94. The third-order valence-corrected chi connectivity index (χ3v) is 4.82. The molecule has 0 saturated heterocycles. The minimum Gasteiger partial charge on any atom is -0.292 e. The molecule has 1 aliphatic heterocycles. The van der Waals surface area contributed by atoms with Gasteiger partial charge in [0.2, 0.25) is 0 Å². The van der Waals surface area contributed by atoms with Crippen molar-refractivity contribution in [3.63, 3.8) is 0 Å². The molecule has 0 unspecified atom stereocenters. The summed E-state index contributed by atoms with van der Waals surface area (Å²) in [4.78, 5) is 0. The van der Waals surface area contributed by atoms with Crippen molar-refractivity contribution < 1.29 is 13.2 Å². The van der Waals surface area contributed by atoms with Gasteiger partial charge in [-0.05, 0) is 40.1 Å². The zero-order valence-electron chi connectivity index (χ0n) is 14.2. The van der Waals surface area contributed by atoms with E-state index in [4.69, 9.17) is 0 Å². The third-order valence-electron chi connectivity index (χ3n) is 4.82. The molecule has 3 aromatic rings. The van der Waals surface area contributed by atoms with Crippen LogP contribution in [0.15, 0.2) is 71.8 Å². The fourth-order valence-corrected chi connectivity index (χ4v) is 3.39. The van der Waals surface area contributed by atoms with E-state index < -0.39 is 11.7 Å². The van der Waals surface area contributed by atoms with Crippen LogP contribution in [0, 0.1) is 0 Å². The van der Waals surface area contributed by atoms with Gasteiger partial charge < -0.3 is 0 Å². The first-order valence-electron chi connectivity index (χ1n) is 8.38. The molecule has 0 amide bonds. The lowest BCUT2D eigenvalue weighted by Crippen LogP contribution is -2.14. The SMILES string of the molecule is CN1N=C(c2ccc3ccccc3c2)C[C@H]1c1ccc(C(F)(F)F)cc1. The first kappa shape index (κ1) is 16.6. The number of benzene rings is 3. The van der Waals surface area contributed by atoms with Crippen LogP contribution in [-0.4, -0.2) is 17.8 Å². The fourth-order valence-electron chi connectivity index (χ4n) is 3.39. The second kappa shape index (κ2) is 6.16. The summed E-state index contributed by atoms with van der Waals surface area (Å²) < 4.78 is 38.3. The summed E-state index contributed by atoms with van der Waals surface area (Å²) in [6, 6.07) is 19.7. The average Bonchev–Trinajstić information content (AvgIpc) is 3.02. The van der Waals surface area contributed by atoms with E-state index in [0.29, 0.717) is 6.42 Å². The Balaban J connectivity index is 1.59. The molecule has 0 radical (unpaired) electrons. The van der Waals surface area contributed by atoms with Crippen LogP contribution in [0.2, 0.25) is 0 Å². The lowest BCUT2D eigenvalue weighted by Gasteiger charge is -2.19. The van der Waals surface area contributed by atoms with Gasteiger partial charge in [-0.2, -0.15) is 18.3 Å². The summed E-state index contributed by atoms with van der Waals surface area (Å²) in [5.41, 5.74) is 2.20. The Morgan fingerprint density at radius 1 is 0.923 bits per heavy atom. The molecule has 0 N–H and O–H groups in total. The zero-order chi connectivity index (χ0) is 18.3. The van der Waals surface area contributed by atoms with Crippen molar-refractivity contribution in [3.8, 4) is 0 Å². The number of hydrogen-bond donors (Lipinski definition) is 0. The average molecular weight is 354 g/mol. The van der Waals surface area contributed by atoms with Crippen LogP contribution in [0.25, 0.3) is 10.8 Å². The van der Waals surface area contributed by atoms with Gasteiger partial charge in [-0.1, -0.05) is 48.5 Å². The van der Waals surface area contributed by atoms with Gasteiger partial charge in [-0.15, -0.1) is 0 Å². The van der Waals surface area contributed by atoms with E-state index in [2.05, 4.69) is 29.4 Å².